The molecule has 0 spiro atoms. The molecule has 0 unspecified atom stereocenters. The van der Waals surface area contributed by atoms with Crippen molar-refractivity contribution in [2.75, 3.05) is 23.8 Å². The Hall–Kier alpha value is -3.16. The standard InChI is InChI=1S/C16H17N5O3/c1-20-9-11(6-10-4-2-3-5-14(10)20)19-16-13(15(17)22)7-12(8-18-16)21(23)24/h2-5,7-8,11H,6,9H2,1H3,(H2,17,22)(H,18,19)/t11-/m1/s1. The van der Waals surface area contributed by atoms with Crippen LogP contribution in [0.3, 0.4) is 0 Å². The molecule has 1 atom stereocenters. The third-order valence-corrected chi connectivity index (χ3v) is 4.05. The first-order valence-corrected chi connectivity index (χ1v) is 7.45. The summed E-state index contributed by atoms with van der Waals surface area (Å²) in [6.07, 6.45) is 1.88. The second-order valence-corrected chi connectivity index (χ2v) is 5.77. The summed E-state index contributed by atoms with van der Waals surface area (Å²) in [6, 6.07) is 9.25. The monoisotopic (exact) mass is 327 g/mol. The molecule has 1 aromatic carbocycles. The number of anilines is 2. The smallest absolute Gasteiger partial charge is 0.288 e. The fraction of sp³-hybridized carbons (Fsp3) is 0.250. The van der Waals surface area contributed by atoms with Crippen LogP contribution >= 0.6 is 0 Å². The topological polar surface area (TPSA) is 114 Å². The number of pyridine rings is 1. The quantitative estimate of drug-likeness (QED) is 0.650. The molecule has 1 amide bonds. The lowest BCUT2D eigenvalue weighted by atomic mass is 9.98. The highest BCUT2D eigenvalue weighted by atomic mass is 16.6. The lowest BCUT2D eigenvalue weighted by Crippen LogP contribution is -2.41. The Labute approximate surface area is 138 Å². The number of aromatic nitrogens is 1. The largest absolute Gasteiger partial charge is 0.372 e. The number of hydrogen-bond donors (Lipinski definition) is 2. The average molecular weight is 327 g/mol. The van der Waals surface area contributed by atoms with Gasteiger partial charge in [-0.3, -0.25) is 14.9 Å². The van der Waals surface area contributed by atoms with Gasteiger partial charge in [0.1, 0.15) is 12.0 Å². The minimum absolute atomic E-state index is 0.0111. The molecule has 124 valence electrons. The third-order valence-electron chi connectivity index (χ3n) is 4.05. The van der Waals surface area contributed by atoms with Gasteiger partial charge < -0.3 is 16.0 Å². The Bertz CT molecular complexity index is 808. The number of carbonyl (C=O) groups excluding carboxylic acids is 1. The molecule has 1 aromatic heterocycles. The average Bonchev–Trinajstić information content (AvgIpc) is 2.55. The van der Waals surface area contributed by atoms with E-state index in [1.165, 1.54) is 11.3 Å². The molecule has 0 radical (unpaired) electrons. The van der Waals surface area contributed by atoms with Crippen LogP contribution < -0.4 is 16.0 Å². The number of rotatable bonds is 4. The Morgan fingerprint density at radius 1 is 1.46 bits per heavy atom. The SMILES string of the molecule is CN1C[C@H](Nc2ncc([N+](=O)[O-])cc2C(N)=O)Cc2ccccc21. The molecule has 8 nitrogen and oxygen atoms in total. The normalized spacial score (nSPS) is 16.4. The molecule has 3 rings (SSSR count). The molecule has 0 bridgehead atoms. The number of fused-ring (bicyclic) bond motifs is 1. The van der Waals surface area contributed by atoms with Gasteiger partial charge in [-0.05, 0) is 18.1 Å². The van der Waals surface area contributed by atoms with E-state index in [4.69, 9.17) is 5.73 Å². The van der Waals surface area contributed by atoms with Crippen molar-refractivity contribution >= 4 is 23.1 Å². The van der Waals surface area contributed by atoms with Gasteiger partial charge in [-0.1, -0.05) is 18.2 Å². The molecule has 0 fully saturated rings. The molecule has 2 heterocycles. The molecule has 1 aliphatic rings. The van der Waals surface area contributed by atoms with Crippen molar-refractivity contribution in [3.63, 3.8) is 0 Å². The first-order valence-electron chi connectivity index (χ1n) is 7.45. The Kier molecular flexibility index (Phi) is 4.03. The Balaban J connectivity index is 1.87. The van der Waals surface area contributed by atoms with E-state index in [9.17, 15) is 14.9 Å². The van der Waals surface area contributed by atoms with E-state index in [-0.39, 0.29) is 23.1 Å². The highest BCUT2D eigenvalue weighted by Gasteiger charge is 2.24. The number of nitrogens with two attached hydrogens (primary N) is 1. The number of primary amides is 1. The predicted octanol–water partition coefficient (Wildman–Crippen LogP) is 1.56. The zero-order valence-electron chi connectivity index (χ0n) is 13.1. The summed E-state index contributed by atoms with van der Waals surface area (Å²) in [5, 5.41) is 14.0. The van der Waals surface area contributed by atoms with Crippen molar-refractivity contribution in [1.82, 2.24) is 4.98 Å². The fourth-order valence-electron chi connectivity index (χ4n) is 2.96. The third kappa shape index (κ3) is 2.98. The zero-order chi connectivity index (χ0) is 17.3. The van der Waals surface area contributed by atoms with E-state index >= 15 is 0 Å². The molecular formula is C16H17N5O3. The van der Waals surface area contributed by atoms with Gasteiger partial charge in [-0.15, -0.1) is 0 Å². The maximum absolute atomic E-state index is 11.6. The van der Waals surface area contributed by atoms with Crippen molar-refractivity contribution in [3.05, 3.63) is 57.8 Å². The summed E-state index contributed by atoms with van der Waals surface area (Å²) in [5.74, 6) is -0.482. The van der Waals surface area contributed by atoms with Gasteiger partial charge in [0.15, 0.2) is 0 Å². The zero-order valence-corrected chi connectivity index (χ0v) is 13.1. The van der Waals surface area contributed by atoms with E-state index in [1.54, 1.807) is 0 Å². The van der Waals surface area contributed by atoms with Crippen molar-refractivity contribution in [3.8, 4) is 0 Å². The molecule has 3 N–H and O–H groups in total. The first-order chi connectivity index (χ1) is 11.5. The number of para-hydroxylation sites is 1. The lowest BCUT2D eigenvalue weighted by molar-refractivity contribution is -0.385. The van der Waals surface area contributed by atoms with Crippen LogP contribution in [0.4, 0.5) is 17.2 Å². The van der Waals surface area contributed by atoms with Gasteiger partial charge in [0.2, 0.25) is 0 Å². The van der Waals surface area contributed by atoms with Crippen molar-refractivity contribution in [2.24, 2.45) is 5.73 Å². The van der Waals surface area contributed by atoms with Crippen LogP contribution in [-0.2, 0) is 6.42 Å². The number of hydrogen-bond acceptors (Lipinski definition) is 6. The van der Waals surface area contributed by atoms with Crippen molar-refractivity contribution in [1.29, 1.82) is 0 Å². The molecule has 0 saturated heterocycles. The number of amides is 1. The molecule has 0 saturated carbocycles. The number of carbonyl (C=O) groups is 1. The van der Waals surface area contributed by atoms with Gasteiger partial charge in [0.05, 0.1) is 10.5 Å². The summed E-state index contributed by atoms with van der Waals surface area (Å²) >= 11 is 0. The Morgan fingerprint density at radius 3 is 2.92 bits per heavy atom. The van der Waals surface area contributed by atoms with Crippen LogP contribution in [0.2, 0.25) is 0 Å². The highest BCUT2D eigenvalue weighted by molar-refractivity contribution is 5.98. The lowest BCUT2D eigenvalue weighted by Gasteiger charge is -2.34. The molecule has 0 aliphatic carbocycles. The van der Waals surface area contributed by atoms with Gasteiger partial charge in [0, 0.05) is 31.4 Å². The minimum Gasteiger partial charge on any atom is -0.372 e. The number of nitro groups is 1. The predicted molar refractivity (Wildman–Crippen MR) is 90.2 cm³/mol. The van der Waals surface area contributed by atoms with Gasteiger partial charge in [-0.25, -0.2) is 4.98 Å². The molecule has 2 aromatic rings. The molecule has 24 heavy (non-hydrogen) atoms. The van der Waals surface area contributed by atoms with Gasteiger partial charge >= 0.3 is 0 Å². The van der Waals surface area contributed by atoms with Gasteiger partial charge in [-0.2, -0.15) is 0 Å². The van der Waals surface area contributed by atoms with Crippen LogP contribution in [0, 0.1) is 10.1 Å². The minimum atomic E-state index is -0.752. The van der Waals surface area contributed by atoms with Crippen LogP contribution in [0.25, 0.3) is 0 Å². The van der Waals surface area contributed by atoms with Gasteiger partial charge in [0.25, 0.3) is 11.6 Å². The molecule has 1 aliphatic heterocycles. The van der Waals surface area contributed by atoms with E-state index in [1.807, 2.05) is 19.2 Å². The summed E-state index contributed by atoms with van der Waals surface area (Å²) in [7, 11) is 1.99. The van der Waals surface area contributed by atoms with E-state index in [0.717, 1.165) is 18.7 Å². The summed E-state index contributed by atoms with van der Waals surface area (Å²) in [4.78, 5) is 28.0. The molecular weight excluding hydrogens is 310 g/mol. The van der Waals surface area contributed by atoms with Crippen LogP contribution in [0.1, 0.15) is 15.9 Å². The van der Waals surface area contributed by atoms with Crippen molar-refractivity contribution in [2.45, 2.75) is 12.5 Å². The summed E-state index contributed by atoms with van der Waals surface area (Å²) < 4.78 is 0. The second-order valence-electron chi connectivity index (χ2n) is 5.77. The van der Waals surface area contributed by atoms with E-state index in [0.29, 0.717) is 6.54 Å². The number of nitrogens with one attached hydrogen (secondary N) is 1. The van der Waals surface area contributed by atoms with Crippen LogP contribution in [-0.4, -0.2) is 35.4 Å². The first kappa shape index (κ1) is 15.7. The Morgan fingerprint density at radius 2 is 2.21 bits per heavy atom. The maximum Gasteiger partial charge on any atom is 0.288 e. The number of likely N-dealkylation sites (N-methyl/N-ethyl adjacent to an activating group) is 1. The van der Waals surface area contributed by atoms with E-state index < -0.39 is 10.8 Å². The van der Waals surface area contributed by atoms with Crippen LogP contribution in [0.5, 0.6) is 0 Å². The second kappa shape index (κ2) is 6.15. The summed E-state index contributed by atoms with van der Waals surface area (Å²) in [5.41, 5.74) is 7.45. The van der Waals surface area contributed by atoms with Crippen LogP contribution in [0.15, 0.2) is 36.5 Å². The highest BCUT2D eigenvalue weighted by Crippen LogP contribution is 2.27. The van der Waals surface area contributed by atoms with Crippen molar-refractivity contribution < 1.29 is 9.72 Å². The molecule has 8 heteroatoms. The number of benzene rings is 1. The fourth-order valence-corrected chi connectivity index (χ4v) is 2.96. The summed E-state index contributed by atoms with van der Waals surface area (Å²) in [6.45, 7) is 0.716. The maximum atomic E-state index is 11.6. The van der Waals surface area contributed by atoms with E-state index in [2.05, 4.69) is 27.3 Å². The number of nitrogens with zero attached hydrogens (tertiary/aromatic N) is 3.